The number of nitrogens with one attached hydrogen (secondary N) is 2. The highest BCUT2D eigenvalue weighted by Crippen LogP contribution is 2.17. The van der Waals surface area contributed by atoms with Crippen LogP contribution in [-0.2, 0) is 13.6 Å². The van der Waals surface area contributed by atoms with Crippen molar-refractivity contribution in [2.24, 2.45) is 18.0 Å². The minimum absolute atomic E-state index is 0. The zero-order valence-corrected chi connectivity index (χ0v) is 21.4. The van der Waals surface area contributed by atoms with Gasteiger partial charge in [0.15, 0.2) is 11.8 Å². The van der Waals surface area contributed by atoms with Crippen molar-refractivity contribution in [1.29, 1.82) is 0 Å². The van der Waals surface area contributed by atoms with Crippen LogP contribution in [0.4, 0.5) is 0 Å². The normalized spacial score (nSPS) is 17.0. The van der Waals surface area contributed by atoms with E-state index < -0.39 is 0 Å². The molecule has 1 aromatic heterocycles. The molecule has 1 saturated heterocycles. The number of unbranched alkanes of at least 4 members (excludes halogenated alkanes) is 1. The molecule has 0 radical (unpaired) electrons. The SMILES string of the molecule is CCCCNC(=NCc1nnc(C)n1C)NCC(C(C)C)N1CCCCCC1.I. The Hall–Kier alpha value is -0.900. The van der Waals surface area contributed by atoms with Gasteiger partial charge >= 0.3 is 0 Å². The number of guanidine groups is 1. The Bertz CT molecular complexity index is 592. The Labute approximate surface area is 194 Å². The highest BCUT2D eigenvalue weighted by atomic mass is 127. The molecule has 1 unspecified atom stereocenters. The lowest BCUT2D eigenvalue weighted by Gasteiger charge is -2.34. The van der Waals surface area contributed by atoms with Crippen molar-refractivity contribution in [3.05, 3.63) is 11.6 Å². The maximum Gasteiger partial charge on any atom is 0.191 e. The third kappa shape index (κ3) is 8.78. The first-order valence-electron chi connectivity index (χ1n) is 11.1. The summed E-state index contributed by atoms with van der Waals surface area (Å²) in [6.45, 7) is 13.7. The Morgan fingerprint density at radius 2 is 1.79 bits per heavy atom. The van der Waals surface area contributed by atoms with Crippen molar-refractivity contribution in [3.8, 4) is 0 Å². The minimum atomic E-state index is 0. The van der Waals surface area contributed by atoms with Gasteiger partial charge in [0, 0.05) is 26.2 Å². The Morgan fingerprint density at radius 3 is 2.34 bits per heavy atom. The molecule has 1 aromatic rings. The fourth-order valence-electron chi connectivity index (χ4n) is 3.71. The standard InChI is InChI=1S/C21H41N7.HI/c1-6-7-12-22-21(24-16-20-26-25-18(4)27(20)5)23-15-19(17(2)3)28-13-10-8-9-11-14-28;/h17,19H,6-16H2,1-5H3,(H2,22,23,24);1H. The maximum atomic E-state index is 4.79. The van der Waals surface area contributed by atoms with E-state index in [1.54, 1.807) is 0 Å². The van der Waals surface area contributed by atoms with Crippen molar-refractivity contribution in [3.63, 3.8) is 0 Å². The third-order valence-electron chi connectivity index (χ3n) is 5.74. The molecule has 168 valence electrons. The Kier molecular flexibility index (Phi) is 12.8. The quantitative estimate of drug-likeness (QED) is 0.226. The predicted molar refractivity (Wildman–Crippen MR) is 132 cm³/mol. The van der Waals surface area contributed by atoms with Gasteiger partial charge in [-0.3, -0.25) is 4.90 Å². The molecule has 8 heteroatoms. The van der Waals surface area contributed by atoms with E-state index in [-0.39, 0.29) is 24.0 Å². The van der Waals surface area contributed by atoms with Crippen LogP contribution >= 0.6 is 24.0 Å². The minimum Gasteiger partial charge on any atom is -0.356 e. The number of likely N-dealkylation sites (tertiary alicyclic amines) is 1. The second-order valence-electron chi connectivity index (χ2n) is 8.31. The predicted octanol–water partition coefficient (Wildman–Crippen LogP) is 3.48. The monoisotopic (exact) mass is 519 g/mol. The molecule has 1 aliphatic rings. The summed E-state index contributed by atoms with van der Waals surface area (Å²) in [4.78, 5) is 7.47. The summed E-state index contributed by atoms with van der Waals surface area (Å²) in [6, 6.07) is 0.536. The van der Waals surface area contributed by atoms with Gasteiger partial charge in [0.05, 0.1) is 0 Å². The summed E-state index contributed by atoms with van der Waals surface area (Å²) in [5, 5.41) is 15.5. The lowest BCUT2D eigenvalue weighted by atomic mass is 10.0. The van der Waals surface area contributed by atoms with Crippen LogP contribution in [0.2, 0.25) is 0 Å². The number of aryl methyl sites for hydroxylation is 1. The number of hydrogen-bond donors (Lipinski definition) is 2. The third-order valence-corrected chi connectivity index (χ3v) is 5.74. The van der Waals surface area contributed by atoms with E-state index in [1.165, 1.54) is 45.2 Å². The van der Waals surface area contributed by atoms with E-state index in [0.29, 0.717) is 18.5 Å². The number of hydrogen-bond acceptors (Lipinski definition) is 4. The molecule has 2 N–H and O–H groups in total. The van der Waals surface area contributed by atoms with Gasteiger partial charge in [0.25, 0.3) is 0 Å². The van der Waals surface area contributed by atoms with Gasteiger partial charge in [0.1, 0.15) is 12.4 Å². The highest BCUT2D eigenvalue weighted by molar-refractivity contribution is 14.0. The van der Waals surface area contributed by atoms with Crippen LogP contribution in [0, 0.1) is 12.8 Å². The van der Waals surface area contributed by atoms with Gasteiger partial charge in [0.2, 0.25) is 0 Å². The van der Waals surface area contributed by atoms with E-state index in [2.05, 4.69) is 46.5 Å². The number of halogens is 1. The van der Waals surface area contributed by atoms with Crippen LogP contribution in [0.1, 0.15) is 70.9 Å². The lowest BCUT2D eigenvalue weighted by molar-refractivity contribution is 0.161. The van der Waals surface area contributed by atoms with Gasteiger partial charge in [-0.05, 0) is 45.2 Å². The summed E-state index contributed by atoms with van der Waals surface area (Å²) >= 11 is 0. The lowest BCUT2D eigenvalue weighted by Crippen LogP contribution is -2.50. The molecule has 2 heterocycles. The van der Waals surface area contributed by atoms with E-state index >= 15 is 0 Å². The van der Waals surface area contributed by atoms with Crippen LogP contribution in [0.3, 0.4) is 0 Å². The molecular formula is C21H42IN7. The summed E-state index contributed by atoms with van der Waals surface area (Å²) < 4.78 is 2.00. The Balaban J connectivity index is 0.00000420. The fraction of sp³-hybridized carbons (Fsp3) is 0.857. The molecule has 7 nitrogen and oxygen atoms in total. The molecule has 0 saturated carbocycles. The number of nitrogens with zero attached hydrogens (tertiary/aromatic N) is 5. The van der Waals surface area contributed by atoms with E-state index in [0.717, 1.165) is 37.1 Å². The van der Waals surface area contributed by atoms with Gasteiger partial charge in [-0.25, -0.2) is 4.99 Å². The van der Waals surface area contributed by atoms with Crippen molar-refractivity contribution in [2.45, 2.75) is 78.8 Å². The Morgan fingerprint density at radius 1 is 1.10 bits per heavy atom. The molecule has 1 fully saturated rings. The van der Waals surface area contributed by atoms with Gasteiger partial charge in [-0.15, -0.1) is 34.2 Å². The fourth-order valence-corrected chi connectivity index (χ4v) is 3.71. The molecule has 0 amide bonds. The topological polar surface area (TPSA) is 70.4 Å². The van der Waals surface area contributed by atoms with E-state index in [1.807, 2.05) is 18.5 Å². The number of aliphatic imine (C=N–C) groups is 1. The van der Waals surface area contributed by atoms with E-state index in [4.69, 9.17) is 4.99 Å². The molecular weight excluding hydrogens is 477 g/mol. The first-order chi connectivity index (χ1) is 13.5. The smallest absolute Gasteiger partial charge is 0.191 e. The van der Waals surface area contributed by atoms with Crippen LogP contribution < -0.4 is 10.6 Å². The zero-order chi connectivity index (χ0) is 20.4. The second-order valence-corrected chi connectivity index (χ2v) is 8.31. The molecule has 2 rings (SSSR count). The van der Waals surface area contributed by atoms with Crippen LogP contribution in [0.5, 0.6) is 0 Å². The van der Waals surface area contributed by atoms with Crippen LogP contribution in [0.25, 0.3) is 0 Å². The molecule has 1 aliphatic heterocycles. The van der Waals surface area contributed by atoms with Gasteiger partial charge < -0.3 is 15.2 Å². The molecule has 1 atom stereocenters. The summed E-state index contributed by atoms with van der Waals surface area (Å²) in [6.07, 6.45) is 7.71. The van der Waals surface area contributed by atoms with E-state index in [9.17, 15) is 0 Å². The molecule has 0 aromatic carbocycles. The first-order valence-corrected chi connectivity index (χ1v) is 11.1. The average Bonchev–Trinajstić information content (AvgIpc) is 2.87. The molecule has 0 bridgehead atoms. The highest BCUT2D eigenvalue weighted by Gasteiger charge is 2.23. The van der Waals surface area contributed by atoms with Crippen molar-refractivity contribution >= 4 is 29.9 Å². The van der Waals surface area contributed by atoms with Gasteiger partial charge in [-0.1, -0.05) is 40.0 Å². The van der Waals surface area contributed by atoms with Crippen molar-refractivity contribution < 1.29 is 0 Å². The molecule has 29 heavy (non-hydrogen) atoms. The maximum absolute atomic E-state index is 4.79. The van der Waals surface area contributed by atoms with Crippen LogP contribution in [-0.4, -0.2) is 57.8 Å². The number of aromatic nitrogens is 3. The molecule has 0 aliphatic carbocycles. The number of rotatable bonds is 9. The van der Waals surface area contributed by atoms with Crippen molar-refractivity contribution in [2.75, 3.05) is 26.2 Å². The van der Waals surface area contributed by atoms with Gasteiger partial charge in [-0.2, -0.15) is 0 Å². The second kappa shape index (κ2) is 14.2. The largest absolute Gasteiger partial charge is 0.356 e. The van der Waals surface area contributed by atoms with Crippen molar-refractivity contribution in [1.82, 2.24) is 30.3 Å². The first kappa shape index (κ1) is 26.1. The summed E-state index contributed by atoms with van der Waals surface area (Å²) in [5.74, 6) is 3.31. The average molecular weight is 520 g/mol. The summed E-state index contributed by atoms with van der Waals surface area (Å²) in [7, 11) is 1.99. The zero-order valence-electron chi connectivity index (χ0n) is 19.1. The van der Waals surface area contributed by atoms with Crippen LogP contribution in [0.15, 0.2) is 4.99 Å². The summed E-state index contributed by atoms with van der Waals surface area (Å²) in [5.41, 5.74) is 0. The molecule has 0 spiro atoms.